The second-order valence-electron chi connectivity index (χ2n) is 4.30. The number of carbonyl (C=O) groups excluding carboxylic acids is 2. The largest absolute Gasteiger partial charge is 0.398 e. The number of nitrogens with one attached hydrogen (secondary N) is 3. The molecule has 0 aromatic heterocycles. The number of anilines is 2. The predicted octanol–water partition coefficient (Wildman–Crippen LogP) is 0.994. The van der Waals surface area contributed by atoms with Crippen molar-refractivity contribution in [2.75, 3.05) is 24.1 Å². The zero-order chi connectivity index (χ0) is 16.5. The lowest BCUT2D eigenvalue weighted by Crippen LogP contribution is -2.28. The smallest absolute Gasteiger partial charge is 0.267 e. The monoisotopic (exact) mass is 321 g/mol. The van der Waals surface area contributed by atoms with Crippen LogP contribution in [0.2, 0.25) is 5.02 Å². The van der Waals surface area contributed by atoms with Crippen LogP contribution in [0.15, 0.2) is 30.0 Å². The molecule has 1 rings (SSSR count). The average Bonchev–Trinajstić information content (AvgIpc) is 2.46. The molecular weight excluding hydrogens is 306 g/mol. The van der Waals surface area contributed by atoms with E-state index in [4.69, 9.17) is 22.6 Å². The van der Waals surface area contributed by atoms with Crippen LogP contribution >= 0.6 is 11.6 Å². The summed E-state index contributed by atoms with van der Waals surface area (Å²) in [4.78, 5) is 22.6. The number of nitriles is 1. The number of hydrogen-bond donors (Lipinski definition) is 4. The van der Waals surface area contributed by atoms with Crippen molar-refractivity contribution in [3.05, 3.63) is 35.0 Å². The Morgan fingerprint density at radius 2 is 2.14 bits per heavy atom. The summed E-state index contributed by atoms with van der Waals surface area (Å²) in [5.41, 5.74) is 6.30. The SMILES string of the molecule is CC(=O)NCCN/C=C(/C#N)C(=O)Nc1ccc(N)c(Cl)c1. The van der Waals surface area contributed by atoms with Gasteiger partial charge < -0.3 is 21.7 Å². The van der Waals surface area contributed by atoms with Crippen LogP contribution in [-0.4, -0.2) is 24.9 Å². The van der Waals surface area contributed by atoms with Crippen LogP contribution in [0.3, 0.4) is 0 Å². The van der Waals surface area contributed by atoms with Crippen molar-refractivity contribution >= 4 is 34.8 Å². The summed E-state index contributed by atoms with van der Waals surface area (Å²) in [5, 5.41) is 17.2. The number of rotatable bonds is 6. The molecule has 0 fully saturated rings. The summed E-state index contributed by atoms with van der Waals surface area (Å²) in [7, 11) is 0. The lowest BCUT2D eigenvalue weighted by molar-refractivity contribution is -0.119. The van der Waals surface area contributed by atoms with E-state index >= 15 is 0 Å². The van der Waals surface area contributed by atoms with Gasteiger partial charge in [0.1, 0.15) is 11.6 Å². The molecular formula is C14H16ClN5O2. The summed E-state index contributed by atoms with van der Waals surface area (Å²) in [6.45, 7) is 2.19. The minimum Gasteiger partial charge on any atom is -0.398 e. The molecule has 0 saturated carbocycles. The van der Waals surface area contributed by atoms with E-state index in [1.54, 1.807) is 18.2 Å². The molecule has 0 radical (unpaired) electrons. The Kier molecular flexibility index (Phi) is 6.73. The first kappa shape index (κ1) is 17.3. The first-order valence-corrected chi connectivity index (χ1v) is 6.76. The standard InChI is InChI=1S/C14H16ClN5O2/c1-9(21)19-5-4-18-8-10(7-16)14(22)20-11-2-3-13(17)12(15)6-11/h2-3,6,8,18H,4-5,17H2,1H3,(H,19,21)(H,20,22)/b10-8-. The van der Waals surface area contributed by atoms with Crippen molar-refractivity contribution in [2.24, 2.45) is 0 Å². The van der Waals surface area contributed by atoms with E-state index in [9.17, 15) is 9.59 Å². The Hall–Kier alpha value is -2.72. The molecule has 0 atom stereocenters. The van der Waals surface area contributed by atoms with Crippen LogP contribution in [0.1, 0.15) is 6.92 Å². The van der Waals surface area contributed by atoms with Crippen LogP contribution < -0.4 is 21.7 Å². The van der Waals surface area contributed by atoms with E-state index in [1.807, 2.05) is 0 Å². The number of nitrogens with two attached hydrogens (primary N) is 1. The van der Waals surface area contributed by atoms with Gasteiger partial charge in [-0.3, -0.25) is 9.59 Å². The number of nitrogen functional groups attached to an aromatic ring is 1. The van der Waals surface area contributed by atoms with Gasteiger partial charge in [0.15, 0.2) is 0 Å². The molecule has 8 heteroatoms. The van der Waals surface area contributed by atoms with Gasteiger partial charge in [-0.05, 0) is 18.2 Å². The van der Waals surface area contributed by atoms with Crippen molar-refractivity contribution in [2.45, 2.75) is 6.92 Å². The predicted molar refractivity (Wildman–Crippen MR) is 84.9 cm³/mol. The van der Waals surface area contributed by atoms with Gasteiger partial charge in [0, 0.05) is 31.9 Å². The molecule has 1 aromatic carbocycles. The van der Waals surface area contributed by atoms with E-state index in [0.717, 1.165) is 0 Å². The number of nitrogens with zero attached hydrogens (tertiary/aromatic N) is 1. The molecule has 0 aliphatic heterocycles. The van der Waals surface area contributed by atoms with E-state index in [-0.39, 0.29) is 11.5 Å². The highest BCUT2D eigenvalue weighted by atomic mass is 35.5. The fourth-order valence-electron chi connectivity index (χ4n) is 1.44. The van der Waals surface area contributed by atoms with Crippen molar-refractivity contribution < 1.29 is 9.59 Å². The second-order valence-corrected chi connectivity index (χ2v) is 4.70. The molecule has 0 aliphatic rings. The number of hydrogen-bond acceptors (Lipinski definition) is 5. The molecule has 0 unspecified atom stereocenters. The summed E-state index contributed by atoms with van der Waals surface area (Å²) >= 11 is 5.85. The highest BCUT2D eigenvalue weighted by Crippen LogP contribution is 2.22. The van der Waals surface area contributed by atoms with Crippen LogP contribution in [-0.2, 0) is 9.59 Å². The molecule has 0 bridgehead atoms. The van der Waals surface area contributed by atoms with E-state index in [2.05, 4.69) is 16.0 Å². The summed E-state index contributed by atoms with van der Waals surface area (Å²) in [5.74, 6) is -0.723. The first-order valence-electron chi connectivity index (χ1n) is 6.38. The number of amides is 2. The minimum atomic E-state index is -0.574. The molecule has 22 heavy (non-hydrogen) atoms. The molecule has 0 spiro atoms. The number of carbonyl (C=O) groups is 2. The molecule has 0 aliphatic carbocycles. The Bertz CT molecular complexity index is 637. The maximum absolute atomic E-state index is 11.9. The topological polar surface area (TPSA) is 120 Å². The molecule has 2 amide bonds. The fraction of sp³-hybridized carbons (Fsp3) is 0.214. The van der Waals surface area contributed by atoms with Gasteiger partial charge in [0.05, 0.1) is 10.7 Å². The Balaban J connectivity index is 2.58. The van der Waals surface area contributed by atoms with Crippen molar-refractivity contribution in [3.8, 4) is 6.07 Å². The van der Waals surface area contributed by atoms with E-state index < -0.39 is 5.91 Å². The minimum absolute atomic E-state index is 0.101. The quantitative estimate of drug-likeness (QED) is 0.269. The van der Waals surface area contributed by atoms with Crippen LogP contribution in [0, 0.1) is 11.3 Å². The van der Waals surface area contributed by atoms with Gasteiger partial charge in [-0.15, -0.1) is 0 Å². The first-order chi connectivity index (χ1) is 10.4. The van der Waals surface area contributed by atoms with Crippen molar-refractivity contribution in [1.29, 1.82) is 5.26 Å². The third-order valence-electron chi connectivity index (χ3n) is 2.51. The van der Waals surface area contributed by atoms with Crippen molar-refractivity contribution in [3.63, 3.8) is 0 Å². The molecule has 0 saturated heterocycles. The van der Waals surface area contributed by atoms with Gasteiger partial charge in [-0.2, -0.15) is 5.26 Å². The zero-order valence-electron chi connectivity index (χ0n) is 11.9. The highest BCUT2D eigenvalue weighted by molar-refractivity contribution is 6.33. The molecule has 1 aromatic rings. The summed E-state index contributed by atoms with van der Waals surface area (Å²) in [6, 6.07) is 6.42. The fourth-order valence-corrected chi connectivity index (χ4v) is 1.62. The van der Waals surface area contributed by atoms with Gasteiger partial charge in [0.25, 0.3) is 5.91 Å². The maximum atomic E-state index is 11.9. The zero-order valence-corrected chi connectivity index (χ0v) is 12.7. The molecule has 116 valence electrons. The third-order valence-corrected chi connectivity index (χ3v) is 2.84. The lowest BCUT2D eigenvalue weighted by Gasteiger charge is -2.07. The second kappa shape index (κ2) is 8.54. The summed E-state index contributed by atoms with van der Waals surface area (Å²) in [6.07, 6.45) is 1.29. The average molecular weight is 322 g/mol. The van der Waals surface area contributed by atoms with Crippen LogP contribution in [0.4, 0.5) is 11.4 Å². The van der Waals surface area contributed by atoms with Crippen molar-refractivity contribution in [1.82, 2.24) is 10.6 Å². The normalized spacial score (nSPS) is 10.5. The van der Waals surface area contributed by atoms with E-state index in [1.165, 1.54) is 19.2 Å². The Morgan fingerprint density at radius 1 is 1.41 bits per heavy atom. The third kappa shape index (κ3) is 5.73. The number of halogens is 1. The van der Waals surface area contributed by atoms with Gasteiger partial charge in [0.2, 0.25) is 5.91 Å². The van der Waals surface area contributed by atoms with Crippen LogP contribution in [0.5, 0.6) is 0 Å². The summed E-state index contributed by atoms with van der Waals surface area (Å²) < 4.78 is 0. The van der Waals surface area contributed by atoms with Gasteiger partial charge >= 0.3 is 0 Å². The molecule has 0 heterocycles. The van der Waals surface area contributed by atoms with E-state index in [0.29, 0.717) is 29.5 Å². The highest BCUT2D eigenvalue weighted by Gasteiger charge is 2.09. The molecule has 7 nitrogen and oxygen atoms in total. The van der Waals surface area contributed by atoms with Gasteiger partial charge in [-0.25, -0.2) is 0 Å². The maximum Gasteiger partial charge on any atom is 0.267 e. The molecule has 5 N–H and O–H groups in total. The van der Waals surface area contributed by atoms with Gasteiger partial charge in [-0.1, -0.05) is 11.6 Å². The number of benzene rings is 1. The lowest BCUT2D eigenvalue weighted by atomic mass is 10.2. The Morgan fingerprint density at radius 3 is 2.73 bits per heavy atom. The van der Waals surface area contributed by atoms with Crippen LogP contribution in [0.25, 0.3) is 0 Å². The Labute approximate surface area is 133 Å².